The second-order valence-electron chi connectivity index (χ2n) is 4.14. The highest BCUT2D eigenvalue weighted by atomic mass is 31.2. The molecule has 0 atom stereocenters. The summed E-state index contributed by atoms with van der Waals surface area (Å²) in [5.41, 5.74) is 0. The Balaban J connectivity index is 5.74. The Morgan fingerprint density at radius 3 is 1.29 bits per heavy atom. The average molecular weight is 344 g/mol. The summed E-state index contributed by atoms with van der Waals surface area (Å²) in [6.45, 7) is 8.29. The van der Waals surface area contributed by atoms with E-state index in [1.165, 1.54) is 6.92 Å². The van der Waals surface area contributed by atoms with Crippen molar-refractivity contribution in [3.63, 3.8) is 0 Å². The highest BCUT2D eigenvalue weighted by molar-refractivity contribution is 7.72. The molecule has 0 fully saturated rings. The Labute approximate surface area is 126 Å². The molecule has 126 valence electrons. The van der Waals surface area contributed by atoms with Gasteiger partial charge in [-0.1, -0.05) is 0 Å². The summed E-state index contributed by atoms with van der Waals surface area (Å²) in [5.74, 6) is -0.292. The predicted octanol–water partition coefficient (Wildman–Crippen LogP) is 3.82. The molecule has 0 aromatic heterocycles. The molecule has 0 saturated heterocycles. The molecular formula is C12H26O7P2. The van der Waals surface area contributed by atoms with Crippen LogP contribution in [0.4, 0.5) is 0 Å². The fourth-order valence-corrected chi connectivity index (χ4v) is 7.22. The molecular weight excluding hydrogens is 318 g/mol. The summed E-state index contributed by atoms with van der Waals surface area (Å²) in [5, 5.41) is -1.25. The first-order chi connectivity index (χ1) is 9.79. The van der Waals surface area contributed by atoms with E-state index in [9.17, 15) is 13.9 Å². The van der Waals surface area contributed by atoms with Crippen molar-refractivity contribution >= 4 is 21.0 Å². The van der Waals surface area contributed by atoms with Crippen LogP contribution < -0.4 is 0 Å². The molecule has 0 bridgehead atoms. The Morgan fingerprint density at radius 1 is 0.810 bits per heavy atom. The lowest BCUT2D eigenvalue weighted by molar-refractivity contribution is -0.117. The number of hydrogen-bond donors (Lipinski definition) is 0. The summed E-state index contributed by atoms with van der Waals surface area (Å²) < 4.78 is 46.7. The fourth-order valence-electron chi connectivity index (χ4n) is 1.79. The molecule has 0 saturated carbocycles. The van der Waals surface area contributed by atoms with Crippen LogP contribution in [0.15, 0.2) is 0 Å². The summed E-state index contributed by atoms with van der Waals surface area (Å²) in [6.07, 6.45) is -0.255. The first-order valence-corrected chi connectivity index (χ1v) is 10.3. The molecule has 9 heteroatoms. The van der Waals surface area contributed by atoms with E-state index in [-0.39, 0.29) is 38.6 Å². The third-order valence-electron chi connectivity index (χ3n) is 2.44. The standard InChI is InChI=1S/C12H26O7P2/c1-6-16-20(14,17-7-2)12(10-11(5)13)21(15,18-8-3)19-9-4/h12H,6-10H2,1-5H3. The van der Waals surface area contributed by atoms with Gasteiger partial charge in [0.1, 0.15) is 5.78 Å². The Bertz CT molecular complexity index is 360. The quantitative estimate of drug-likeness (QED) is 0.497. The largest absolute Gasteiger partial charge is 0.346 e. The summed E-state index contributed by atoms with van der Waals surface area (Å²) in [7, 11) is -7.60. The van der Waals surface area contributed by atoms with Gasteiger partial charge in [0.15, 0.2) is 5.40 Å². The van der Waals surface area contributed by atoms with Gasteiger partial charge in [0, 0.05) is 6.42 Å². The molecule has 0 amide bonds. The zero-order chi connectivity index (χ0) is 16.5. The maximum absolute atomic E-state index is 12.9. The fraction of sp³-hybridized carbons (Fsp3) is 0.917. The smallest absolute Gasteiger partial charge is 0.308 e. The number of ketones is 1. The van der Waals surface area contributed by atoms with Crippen LogP contribution in [0.25, 0.3) is 0 Å². The van der Waals surface area contributed by atoms with Gasteiger partial charge in [-0.05, 0) is 34.6 Å². The van der Waals surface area contributed by atoms with E-state index in [1.54, 1.807) is 27.7 Å². The molecule has 0 spiro atoms. The van der Waals surface area contributed by atoms with E-state index >= 15 is 0 Å². The van der Waals surface area contributed by atoms with E-state index in [0.29, 0.717) is 0 Å². The lowest BCUT2D eigenvalue weighted by atomic mass is 10.3. The third-order valence-corrected chi connectivity index (χ3v) is 8.43. The van der Waals surface area contributed by atoms with E-state index in [0.717, 1.165) is 0 Å². The lowest BCUT2D eigenvalue weighted by Gasteiger charge is -2.30. The zero-order valence-electron chi connectivity index (χ0n) is 13.4. The molecule has 0 heterocycles. The molecule has 0 N–H and O–H groups in total. The number of Topliss-reactive ketones (excluding diaryl/α,β-unsaturated/α-hetero) is 1. The Morgan fingerprint density at radius 2 is 1.10 bits per heavy atom. The minimum atomic E-state index is -3.80. The molecule has 0 aliphatic heterocycles. The van der Waals surface area contributed by atoms with E-state index < -0.39 is 20.6 Å². The van der Waals surface area contributed by atoms with Crippen LogP contribution >= 0.6 is 15.2 Å². The zero-order valence-corrected chi connectivity index (χ0v) is 15.2. The maximum Gasteiger partial charge on any atom is 0.346 e. The van der Waals surface area contributed by atoms with Crippen molar-refractivity contribution in [3.8, 4) is 0 Å². The molecule has 7 nitrogen and oxygen atoms in total. The first kappa shape index (κ1) is 21.0. The molecule has 21 heavy (non-hydrogen) atoms. The number of rotatable bonds is 12. The topological polar surface area (TPSA) is 88.1 Å². The van der Waals surface area contributed by atoms with Gasteiger partial charge in [0.2, 0.25) is 0 Å². The van der Waals surface area contributed by atoms with E-state index in [2.05, 4.69) is 0 Å². The van der Waals surface area contributed by atoms with Crippen LogP contribution in [0.2, 0.25) is 0 Å². The average Bonchev–Trinajstić information content (AvgIpc) is 2.36. The summed E-state index contributed by atoms with van der Waals surface area (Å²) >= 11 is 0. The van der Waals surface area contributed by atoms with Crippen LogP contribution in [0.1, 0.15) is 41.0 Å². The van der Waals surface area contributed by atoms with Gasteiger partial charge in [-0.2, -0.15) is 0 Å². The van der Waals surface area contributed by atoms with E-state index in [1.807, 2.05) is 0 Å². The number of carbonyl (C=O) groups is 1. The SMILES string of the molecule is CCOP(=O)(OCC)C(CC(C)=O)P(=O)(OCC)OCC. The van der Waals surface area contributed by atoms with E-state index in [4.69, 9.17) is 18.1 Å². The molecule has 0 aliphatic carbocycles. The molecule has 0 aromatic rings. The molecule has 0 rings (SSSR count). The molecule has 0 unspecified atom stereocenters. The first-order valence-electron chi connectivity index (χ1n) is 7.06. The van der Waals surface area contributed by atoms with Gasteiger partial charge >= 0.3 is 15.2 Å². The van der Waals surface area contributed by atoms with Crippen LogP contribution in [0, 0.1) is 0 Å². The second kappa shape index (κ2) is 9.88. The minimum Gasteiger partial charge on any atom is -0.308 e. The van der Waals surface area contributed by atoms with Crippen molar-refractivity contribution in [1.29, 1.82) is 0 Å². The Hall–Kier alpha value is -0.0300. The molecule has 0 radical (unpaired) electrons. The van der Waals surface area contributed by atoms with Crippen LogP contribution in [0.5, 0.6) is 0 Å². The van der Waals surface area contributed by atoms with Crippen molar-refractivity contribution in [2.75, 3.05) is 26.4 Å². The molecule has 0 aliphatic rings. The number of hydrogen-bond acceptors (Lipinski definition) is 7. The third kappa shape index (κ3) is 6.31. The normalized spacial score (nSPS) is 12.9. The van der Waals surface area contributed by atoms with Crippen molar-refractivity contribution in [2.24, 2.45) is 0 Å². The van der Waals surface area contributed by atoms with Crippen molar-refractivity contribution in [3.05, 3.63) is 0 Å². The van der Waals surface area contributed by atoms with Gasteiger partial charge in [-0.3, -0.25) is 13.9 Å². The second-order valence-corrected chi connectivity index (χ2v) is 8.98. The predicted molar refractivity (Wildman–Crippen MR) is 80.8 cm³/mol. The lowest BCUT2D eigenvalue weighted by Crippen LogP contribution is -2.20. The summed E-state index contributed by atoms with van der Waals surface area (Å²) in [4.78, 5) is 11.5. The van der Waals surface area contributed by atoms with Gasteiger partial charge < -0.3 is 18.1 Å². The maximum atomic E-state index is 12.9. The van der Waals surface area contributed by atoms with Crippen molar-refractivity contribution < 1.29 is 32.0 Å². The van der Waals surface area contributed by atoms with Gasteiger partial charge in [-0.15, -0.1) is 0 Å². The van der Waals surface area contributed by atoms with Crippen LogP contribution in [0.3, 0.4) is 0 Å². The van der Waals surface area contributed by atoms with Crippen LogP contribution in [-0.2, 0) is 32.0 Å². The van der Waals surface area contributed by atoms with Gasteiger partial charge in [-0.25, -0.2) is 0 Å². The molecule has 0 aromatic carbocycles. The van der Waals surface area contributed by atoms with Gasteiger partial charge in [0.05, 0.1) is 26.4 Å². The van der Waals surface area contributed by atoms with Gasteiger partial charge in [0.25, 0.3) is 0 Å². The highest BCUT2D eigenvalue weighted by Crippen LogP contribution is 2.71. The Kier molecular flexibility index (Phi) is 9.87. The monoisotopic (exact) mass is 344 g/mol. The van der Waals surface area contributed by atoms with Crippen molar-refractivity contribution in [2.45, 2.75) is 46.4 Å². The minimum absolute atomic E-state index is 0.101. The highest BCUT2D eigenvalue weighted by Gasteiger charge is 2.51. The van der Waals surface area contributed by atoms with Crippen LogP contribution in [-0.4, -0.2) is 37.6 Å². The number of carbonyl (C=O) groups excluding carboxylic acids is 1. The van der Waals surface area contributed by atoms with Crippen molar-refractivity contribution in [1.82, 2.24) is 0 Å². The summed E-state index contributed by atoms with van der Waals surface area (Å²) in [6, 6.07) is 0.